The highest BCUT2D eigenvalue weighted by Gasteiger charge is 2.35. The summed E-state index contributed by atoms with van der Waals surface area (Å²) in [4.78, 5) is 39.0. The van der Waals surface area contributed by atoms with Crippen LogP contribution in [0.2, 0.25) is 0 Å². The second-order valence-corrected chi connectivity index (χ2v) is 9.15. The molecule has 4 N–H and O–H groups in total. The van der Waals surface area contributed by atoms with Gasteiger partial charge in [-0.05, 0) is 48.7 Å². The van der Waals surface area contributed by atoms with Crippen molar-refractivity contribution in [2.45, 2.75) is 25.3 Å². The van der Waals surface area contributed by atoms with Gasteiger partial charge < -0.3 is 30.3 Å². The zero-order valence-electron chi connectivity index (χ0n) is 19.0. The first-order valence-electron chi connectivity index (χ1n) is 10.8. The molecule has 0 bridgehead atoms. The van der Waals surface area contributed by atoms with Gasteiger partial charge in [-0.2, -0.15) is 0 Å². The van der Waals surface area contributed by atoms with E-state index in [4.69, 9.17) is 19.7 Å². The van der Waals surface area contributed by atoms with Crippen LogP contribution in [-0.4, -0.2) is 46.2 Å². The summed E-state index contributed by atoms with van der Waals surface area (Å²) in [5.74, 6) is -3.66. The zero-order valence-corrected chi connectivity index (χ0v) is 19.9. The summed E-state index contributed by atoms with van der Waals surface area (Å²) in [6.07, 6.45) is 2.24. The molecule has 36 heavy (non-hydrogen) atoms. The van der Waals surface area contributed by atoms with Gasteiger partial charge in [-0.1, -0.05) is 0 Å². The highest BCUT2D eigenvalue weighted by molar-refractivity contribution is 7.13. The van der Waals surface area contributed by atoms with E-state index < -0.39 is 35.5 Å². The summed E-state index contributed by atoms with van der Waals surface area (Å²) in [6.45, 7) is 1.79. The number of anilines is 1. The second kappa shape index (κ2) is 10.3. The summed E-state index contributed by atoms with van der Waals surface area (Å²) in [5, 5.41) is 26.5. The molecule has 0 saturated heterocycles. The molecule has 4 rings (SSSR count). The van der Waals surface area contributed by atoms with Gasteiger partial charge in [-0.15, -0.1) is 11.3 Å². The Hall–Kier alpha value is -4.03. The van der Waals surface area contributed by atoms with Crippen LogP contribution in [0.4, 0.5) is 9.52 Å². The van der Waals surface area contributed by atoms with Gasteiger partial charge in [-0.3, -0.25) is 4.79 Å². The Labute approximate surface area is 208 Å². The molecule has 0 spiro atoms. The third-order valence-corrected chi connectivity index (χ3v) is 6.30. The van der Waals surface area contributed by atoms with Crippen LogP contribution >= 0.6 is 11.3 Å². The van der Waals surface area contributed by atoms with Gasteiger partial charge in [0.2, 0.25) is 5.91 Å². The van der Waals surface area contributed by atoms with E-state index in [-0.39, 0.29) is 29.6 Å². The molecule has 0 aliphatic carbocycles. The highest BCUT2D eigenvalue weighted by Crippen LogP contribution is 2.41. The number of carbonyl (C=O) groups excluding carboxylic acids is 1. The Kier molecular flexibility index (Phi) is 7.17. The molecule has 2 heterocycles. The molecule has 10 nitrogen and oxygen atoms in total. The van der Waals surface area contributed by atoms with Crippen molar-refractivity contribution in [3.8, 4) is 17.2 Å². The minimum Gasteiger partial charge on any atom is -0.479 e. The Bertz CT molecular complexity index is 1320. The fraction of sp³-hybridized carbons (Fsp3) is 0.250. The predicted molar refractivity (Wildman–Crippen MR) is 127 cm³/mol. The fourth-order valence-corrected chi connectivity index (χ4v) is 4.56. The molecule has 1 atom stereocenters. The zero-order chi connectivity index (χ0) is 25.9. The first kappa shape index (κ1) is 25.1. The number of carboxylic acid groups (broad SMARTS) is 2. The van der Waals surface area contributed by atoms with Gasteiger partial charge in [0, 0.05) is 36.1 Å². The number of aliphatic carboxylic acids is 1. The van der Waals surface area contributed by atoms with E-state index >= 15 is 0 Å². The minimum absolute atomic E-state index is 0.00962. The predicted octanol–water partition coefficient (Wildman–Crippen LogP) is 3.63. The Morgan fingerprint density at radius 2 is 2.03 bits per heavy atom. The minimum atomic E-state index is -1.42. The number of halogens is 1. The molecule has 0 saturated carbocycles. The molecular weight excluding hydrogens is 493 g/mol. The van der Waals surface area contributed by atoms with E-state index in [1.54, 1.807) is 23.7 Å². The molecule has 0 radical (unpaired) electrons. The number of benzene rings is 2. The molecule has 3 aromatic rings. The number of aromatic nitrogens is 1. The van der Waals surface area contributed by atoms with Crippen molar-refractivity contribution in [1.82, 2.24) is 10.3 Å². The first-order valence-corrected chi connectivity index (χ1v) is 11.7. The molecule has 0 fully saturated rings. The van der Waals surface area contributed by atoms with E-state index in [1.807, 2.05) is 6.92 Å². The van der Waals surface area contributed by atoms with Gasteiger partial charge in [0.1, 0.15) is 11.6 Å². The van der Waals surface area contributed by atoms with Crippen LogP contribution in [0.1, 0.15) is 34.8 Å². The number of carbonyl (C=O) groups is 3. The smallest absolute Gasteiger partial charge is 0.341 e. The largest absolute Gasteiger partial charge is 0.479 e. The number of ether oxygens (including phenoxy) is 2. The molecule has 1 aliphatic heterocycles. The van der Waals surface area contributed by atoms with Crippen molar-refractivity contribution >= 4 is 34.3 Å². The number of carboxylic acids is 2. The molecule has 12 heteroatoms. The van der Waals surface area contributed by atoms with Gasteiger partial charge in [0.05, 0.1) is 5.56 Å². The van der Waals surface area contributed by atoms with Crippen LogP contribution in [-0.2, 0) is 21.5 Å². The number of aromatic carboxylic acids is 1. The first-order chi connectivity index (χ1) is 17.1. The second-order valence-electron chi connectivity index (χ2n) is 8.26. The lowest BCUT2D eigenvalue weighted by Gasteiger charge is -2.37. The number of amides is 1. The molecule has 1 unspecified atom stereocenters. The summed E-state index contributed by atoms with van der Waals surface area (Å²) in [7, 11) is 0. The van der Waals surface area contributed by atoms with E-state index in [9.17, 15) is 18.8 Å². The van der Waals surface area contributed by atoms with E-state index in [1.165, 1.54) is 17.4 Å². The molecule has 2 aromatic carbocycles. The van der Waals surface area contributed by atoms with Crippen molar-refractivity contribution in [2.75, 3.05) is 18.5 Å². The lowest BCUT2D eigenvalue weighted by atomic mass is 9.81. The number of rotatable bonds is 9. The Morgan fingerprint density at radius 1 is 1.22 bits per heavy atom. The molecule has 1 aromatic heterocycles. The maximum Gasteiger partial charge on any atom is 0.341 e. The van der Waals surface area contributed by atoms with Crippen molar-refractivity contribution in [3.63, 3.8) is 0 Å². The Balaban J connectivity index is 1.68. The average molecular weight is 516 g/mol. The van der Waals surface area contributed by atoms with Crippen LogP contribution in [0.15, 0.2) is 41.9 Å². The van der Waals surface area contributed by atoms with Gasteiger partial charge in [-0.25, -0.2) is 19.0 Å². The summed E-state index contributed by atoms with van der Waals surface area (Å²) < 4.78 is 25.5. The number of fused-ring (bicyclic) bond motifs is 1. The van der Waals surface area contributed by atoms with Crippen LogP contribution in [0.3, 0.4) is 0 Å². The van der Waals surface area contributed by atoms with Crippen molar-refractivity contribution in [2.24, 2.45) is 0 Å². The number of nitrogens with one attached hydrogen (secondary N) is 2. The van der Waals surface area contributed by atoms with Gasteiger partial charge in [0.15, 0.2) is 23.2 Å². The van der Waals surface area contributed by atoms with Crippen LogP contribution in [0, 0.1) is 5.82 Å². The van der Waals surface area contributed by atoms with Crippen molar-refractivity contribution in [1.29, 1.82) is 0 Å². The maximum absolute atomic E-state index is 14.2. The quantitative estimate of drug-likeness (QED) is 0.335. The lowest BCUT2D eigenvalue weighted by Crippen LogP contribution is -2.47. The van der Waals surface area contributed by atoms with Gasteiger partial charge >= 0.3 is 11.9 Å². The summed E-state index contributed by atoms with van der Waals surface area (Å²) >= 11 is 1.30. The van der Waals surface area contributed by atoms with E-state index in [0.29, 0.717) is 18.1 Å². The maximum atomic E-state index is 14.2. The highest BCUT2D eigenvalue weighted by atomic mass is 32.1. The van der Waals surface area contributed by atoms with Crippen molar-refractivity contribution in [3.05, 3.63) is 64.4 Å². The lowest BCUT2D eigenvalue weighted by molar-refractivity contribution is -0.139. The van der Waals surface area contributed by atoms with Crippen LogP contribution < -0.4 is 20.1 Å². The number of hydrogen-bond donors (Lipinski definition) is 4. The Morgan fingerprint density at radius 3 is 2.69 bits per heavy atom. The molecular formula is C24H22FN3O7S. The number of hydrogen-bond acceptors (Lipinski definition) is 8. The third kappa shape index (κ3) is 5.61. The SMILES string of the molecule is CC1(CC(=O)Nc2nccs2)NCCc2cc(OCC(=O)O)c(Oc3ccc(C(=O)O)c(F)c3)cc21. The average Bonchev–Trinajstić information content (AvgIpc) is 3.30. The van der Waals surface area contributed by atoms with Gasteiger partial charge in [0.25, 0.3) is 0 Å². The number of thiazole rings is 1. The number of nitrogens with zero attached hydrogens (tertiary/aromatic N) is 1. The van der Waals surface area contributed by atoms with E-state index in [2.05, 4.69) is 15.6 Å². The monoisotopic (exact) mass is 515 g/mol. The molecule has 1 aliphatic rings. The molecule has 188 valence electrons. The summed E-state index contributed by atoms with van der Waals surface area (Å²) in [6, 6.07) is 6.54. The topological polar surface area (TPSA) is 147 Å². The normalized spacial score (nSPS) is 16.6. The van der Waals surface area contributed by atoms with E-state index in [0.717, 1.165) is 23.3 Å². The van der Waals surface area contributed by atoms with Crippen molar-refractivity contribution < 1.29 is 38.5 Å². The fourth-order valence-electron chi connectivity index (χ4n) is 4.01. The van der Waals surface area contributed by atoms with Crippen LogP contribution in [0.5, 0.6) is 17.2 Å². The van der Waals surface area contributed by atoms with Crippen LogP contribution in [0.25, 0.3) is 0 Å². The third-order valence-electron chi connectivity index (χ3n) is 5.62. The summed E-state index contributed by atoms with van der Waals surface area (Å²) in [5.41, 5.74) is 0.233. The standard InChI is InChI=1S/C24H22FN3O7S/c1-24(11-20(29)28-23-26-6-7-36-23)16-10-19(35-14-2-3-15(22(32)33)17(25)9-14)18(34-12-21(30)31)8-13(16)4-5-27-24/h2-3,6-10,27H,4-5,11-12H2,1H3,(H,30,31)(H,32,33)(H,26,28,29). The molecule has 1 amide bonds.